The zero-order valence-electron chi connectivity index (χ0n) is 10.1. The first-order valence-corrected chi connectivity index (χ1v) is 6.82. The molecule has 1 aliphatic rings. The summed E-state index contributed by atoms with van der Waals surface area (Å²) >= 11 is 1.71. The van der Waals surface area contributed by atoms with Gasteiger partial charge in [-0.2, -0.15) is 0 Å². The molecular formula is C13H14N2O2S. The number of thiophene rings is 1. The van der Waals surface area contributed by atoms with Crippen LogP contribution in [-0.2, 0) is 9.53 Å². The number of hydrogen-bond donors (Lipinski definition) is 0. The maximum atomic E-state index is 11.5. The molecule has 5 heteroatoms. The Labute approximate surface area is 109 Å². The topological polar surface area (TPSA) is 42.4 Å². The Morgan fingerprint density at radius 3 is 3.28 bits per heavy atom. The van der Waals surface area contributed by atoms with Crippen LogP contribution in [0.15, 0.2) is 23.7 Å². The van der Waals surface area contributed by atoms with Gasteiger partial charge in [0.1, 0.15) is 5.82 Å². The molecule has 1 fully saturated rings. The maximum absolute atomic E-state index is 11.5. The van der Waals surface area contributed by atoms with Gasteiger partial charge in [0.05, 0.1) is 13.0 Å². The van der Waals surface area contributed by atoms with Crippen molar-refractivity contribution in [2.24, 2.45) is 5.92 Å². The number of anilines is 1. The van der Waals surface area contributed by atoms with Crippen LogP contribution in [0.4, 0.5) is 5.82 Å². The van der Waals surface area contributed by atoms with E-state index in [9.17, 15) is 4.79 Å². The number of pyridine rings is 1. The van der Waals surface area contributed by atoms with Crippen molar-refractivity contribution in [3.8, 4) is 0 Å². The molecule has 94 valence electrons. The predicted octanol–water partition coefficient (Wildman–Crippen LogP) is 2.30. The Hall–Kier alpha value is -1.62. The zero-order chi connectivity index (χ0) is 12.5. The molecule has 0 amide bonds. The number of nitrogens with zero attached hydrogens (tertiary/aromatic N) is 2. The van der Waals surface area contributed by atoms with E-state index in [-0.39, 0.29) is 11.9 Å². The molecule has 0 radical (unpaired) electrons. The van der Waals surface area contributed by atoms with Crippen molar-refractivity contribution in [1.82, 2.24) is 4.98 Å². The number of carbonyl (C=O) groups is 1. The lowest BCUT2D eigenvalue weighted by Gasteiger charge is -2.17. The van der Waals surface area contributed by atoms with Gasteiger partial charge in [-0.25, -0.2) is 4.98 Å². The molecule has 1 atom stereocenters. The number of hydrogen-bond acceptors (Lipinski definition) is 5. The highest BCUT2D eigenvalue weighted by Gasteiger charge is 2.30. The van der Waals surface area contributed by atoms with E-state index in [2.05, 4.69) is 21.3 Å². The third-order valence-electron chi connectivity index (χ3n) is 3.38. The first kappa shape index (κ1) is 11.5. The first-order chi connectivity index (χ1) is 8.79. The molecule has 2 aromatic rings. The molecule has 0 aromatic carbocycles. The Morgan fingerprint density at radius 1 is 1.56 bits per heavy atom. The smallest absolute Gasteiger partial charge is 0.310 e. The number of aromatic nitrogens is 1. The van der Waals surface area contributed by atoms with Gasteiger partial charge in [0, 0.05) is 29.4 Å². The molecule has 0 saturated carbocycles. The van der Waals surface area contributed by atoms with Gasteiger partial charge in [-0.1, -0.05) is 0 Å². The molecule has 0 bridgehead atoms. The fourth-order valence-corrected chi connectivity index (χ4v) is 3.22. The van der Waals surface area contributed by atoms with Crippen LogP contribution in [0.25, 0.3) is 10.1 Å². The molecular weight excluding hydrogens is 248 g/mol. The van der Waals surface area contributed by atoms with Gasteiger partial charge in [0.25, 0.3) is 0 Å². The van der Waals surface area contributed by atoms with E-state index in [4.69, 9.17) is 4.74 Å². The highest BCUT2D eigenvalue weighted by atomic mass is 32.1. The van der Waals surface area contributed by atoms with E-state index in [1.807, 2.05) is 12.3 Å². The van der Waals surface area contributed by atoms with Crippen LogP contribution in [0.2, 0.25) is 0 Å². The maximum Gasteiger partial charge on any atom is 0.310 e. The third-order valence-corrected chi connectivity index (χ3v) is 4.26. The second-order valence-corrected chi connectivity index (χ2v) is 5.37. The number of fused-ring (bicyclic) bond motifs is 1. The average Bonchev–Trinajstić information content (AvgIpc) is 3.05. The molecule has 3 rings (SSSR count). The van der Waals surface area contributed by atoms with Crippen molar-refractivity contribution < 1.29 is 9.53 Å². The fourth-order valence-electron chi connectivity index (χ4n) is 2.44. The minimum atomic E-state index is -0.116. The van der Waals surface area contributed by atoms with Gasteiger partial charge >= 0.3 is 5.97 Å². The highest BCUT2D eigenvalue weighted by molar-refractivity contribution is 7.17. The normalized spacial score (nSPS) is 19.4. The van der Waals surface area contributed by atoms with Gasteiger partial charge < -0.3 is 9.64 Å². The van der Waals surface area contributed by atoms with Crippen LogP contribution in [-0.4, -0.2) is 31.2 Å². The highest BCUT2D eigenvalue weighted by Crippen LogP contribution is 2.31. The van der Waals surface area contributed by atoms with E-state index in [0.717, 1.165) is 18.8 Å². The quantitative estimate of drug-likeness (QED) is 0.779. The Kier molecular flexibility index (Phi) is 2.91. The summed E-state index contributed by atoms with van der Waals surface area (Å²) in [5.74, 6) is 0.848. The summed E-state index contributed by atoms with van der Waals surface area (Å²) in [6.07, 6.45) is 2.68. The number of esters is 1. The number of ether oxygens (including phenoxy) is 1. The van der Waals surface area contributed by atoms with E-state index in [1.54, 1.807) is 11.3 Å². The second-order valence-electron chi connectivity index (χ2n) is 4.42. The number of carbonyl (C=O) groups excluding carboxylic acids is 1. The summed E-state index contributed by atoms with van der Waals surface area (Å²) in [7, 11) is 1.45. The summed E-state index contributed by atoms with van der Waals surface area (Å²) < 4.78 is 6.04. The van der Waals surface area contributed by atoms with Gasteiger partial charge in [-0.3, -0.25) is 4.79 Å². The summed E-state index contributed by atoms with van der Waals surface area (Å²) in [4.78, 5) is 18.2. The van der Waals surface area contributed by atoms with Gasteiger partial charge in [0.2, 0.25) is 0 Å². The molecule has 1 aliphatic heterocycles. The van der Waals surface area contributed by atoms with Gasteiger partial charge in [-0.05, 0) is 23.9 Å². The van der Waals surface area contributed by atoms with Crippen LogP contribution >= 0.6 is 11.3 Å². The Bertz CT molecular complexity index is 581. The molecule has 18 heavy (non-hydrogen) atoms. The van der Waals surface area contributed by atoms with Gasteiger partial charge in [-0.15, -0.1) is 11.3 Å². The molecule has 0 N–H and O–H groups in total. The third kappa shape index (κ3) is 1.84. The van der Waals surface area contributed by atoms with Crippen LogP contribution in [0.1, 0.15) is 6.42 Å². The van der Waals surface area contributed by atoms with Crippen molar-refractivity contribution >= 4 is 33.2 Å². The van der Waals surface area contributed by atoms with E-state index in [1.165, 1.54) is 17.2 Å². The Balaban J connectivity index is 1.88. The molecule has 4 nitrogen and oxygen atoms in total. The lowest BCUT2D eigenvalue weighted by Crippen LogP contribution is -2.24. The standard InChI is InChI=1S/C13H14N2O2S/c1-17-13(16)9-3-6-15(8-9)12-10-4-7-18-11(10)2-5-14-12/h2,4-5,7,9H,3,6,8H2,1H3. The van der Waals surface area contributed by atoms with E-state index >= 15 is 0 Å². The van der Waals surface area contributed by atoms with Crippen molar-refractivity contribution in [1.29, 1.82) is 0 Å². The molecule has 0 spiro atoms. The minimum Gasteiger partial charge on any atom is -0.469 e. The monoisotopic (exact) mass is 262 g/mol. The van der Waals surface area contributed by atoms with Crippen molar-refractivity contribution in [3.63, 3.8) is 0 Å². The molecule has 3 heterocycles. The predicted molar refractivity (Wildman–Crippen MR) is 72.0 cm³/mol. The SMILES string of the molecule is COC(=O)C1CCN(c2nccc3sccc23)C1. The Morgan fingerprint density at radius 2 is 2.44 bits per heavy atom. The number of rotatable bonds is 2. The average molecular weight is 262 g/mol. The van der Waals surface area contributed by atoms with Crippen molar-refractivity contribution in [3.05, 3.63) is 23.7 Å². The lowest BCUT2D eigenvalue weighted by atomic mass is 10.1. The van der Waals surface area contributed by atoms with Crippen LogP contribution in [0.3, 0.4) is 0 Å². The number of methoxy groups -OCH3 is 1. The molecule has 1 unspecified atom stereocenters. The van der Waals surface area contributed by atoms with Crippen LogP contribution in [0, 0.1) is 5.92 Å². The summed E-state index contributed by atoms with van der Waals surface area (Å²) in [5.41, 5.74) is 0. The molecule has 2 aromatic heterocycles. The van der Waals surface area contributed by atoms with Gasteiger partial charge in [0.15, 0.2) is 0 Å². The van der Waals surface area contributed by atoms with Crippen LogP contribution in [0.5, 0.6) is 0 Å². The van der Waals surface area contributed by atoms with E-state index in [0.29, 0.717) is 6.54 Å². The minimum absolute atomic E-state index is 0.0225. The zero-order valence-corrected chi connectivity index (χ0v) is 10.9. The summed E-state index contributed by atoms with van der Waals surface area (Å²) in [6.45, 7) is 1.57. The summed E-state index contributed by atoms with van der Waals surface area (Å²) in [5, 5.41) is 3.25. The molecule has 1 saturated heterocycles. The first-order valence-electron chi connectivity index (χ1n) is 5.94. The van der Waals surface area contributed by atoms with Crippen molar-refractivity contribution in [2.45, 2.75) is 6.42 Å². The fraction of sp³-hybridized carbons (Fsp3) is 0.385. The largest absolute Gasteiger partial charge is 0.469 e. The molecule has 0 aliphatic carbocycles. The van der Waals surface area contributed by atoms with Crippen molar-refractivity contribution in [2.75, 3.05) is 25.1 Å². The summed E-state index contributed by atoms with van der Waals surface area (Å²) in [6, 6.07) is 4.12. The lowest BCUT2D eigenvalue weighted by molar-refractivity contribution is -0.144. The van der Waals surface area contributed by atoms with E-state index < -0.39 is 0 Å². The van der Waals surface area contributed by atoms with Crippen LogP contribution < -0.4 is 4.90 Å². The second kappa shape index (κ2) is 4.57.